The summed E-state index contributed by atoms with van der Waals surface area (Å²) < 4.78 is 38.7. The second-order valence-corrected chi connectivity index (χ2v) is 4.45. The molecule has 0 saturated heterocycles. The number of nitrogens with zero attached hydrogens (tertiary/aromatic N) is 1. The number of rotatable bonds is 5. The maximum Gasteiger partial charge on any atom is 0.414 e. The number of halogens is 3. The van der Waals surface area contributed by atoms with Crippen molar-refractivity contribution >= 4 is 5.91 Å². The van der Waals surface area contributed by atoms with Crippen LogP contribution in [0.1, 0.15) is 24.6 Å². The molecule has 0 radical (unpaired) electrons. The molecule has 1 heterocycles. The van der Waals surface area contributed by atoms with Gasteiger partial charge in [0.2, 0.25) is 5.91 Å². The van der Waals surface area contributed by atoms with E-state index in [0.29, 0.717) is 0 Å². The topological polar surface area (TPSA) is 54.0 Å². The van der Waals surface area contributed by atoms with Crippen LogP contribution in [0.25, 0.3) is 0 Å². The Morgan fingerprint density at radius 1 is 1.42 bits per heavy atom. The molecule has 4 nitrogen and oxygen atoms in total. The van der Waals surface area contributed by atoms with E-state index in [1.807, 2.05) is 5.32 Å². The summed E-state index contributed by atoms with van der Waals surface area (Å²) in [5.41, 5.74) is -0.213. The van der Waals surface area contributed by atoms with Gasteiger partial charge in [0.25, 0.3) is 0 Å². The molecular weight excluding hydrogens is 259 g/mol. The fraction of sp³-hybridized carbons (Fsp3) is 0.500. The normalized spacial score (nSPS) is 17.0. The van der Waals surface area contributed by atoms with Crippen molar-refractivity contribution in [3.05, 3.63) is 30.1 Å². The Balaban J connectivity index is 1.99. The van der Waals surface area contributed by atoms with E-state index < -0.39 is 18.1 Å². The highest BCUT2D eigenvalue weighted by atomic mass is 19.4. The van der Waals surface area contributed by atoms with Crippen molar-refractivity contribution in [2.45, 2.75) is 31.1 Å². The minimum absolute atomic E-state index is 0.107. The molecular formula is C12H14F3N3O. The maximum atomic E-state index is 12.9. The second kappa shape index (κ2) is 5.56. The Morgan fingerprint density at radius 3 is 2.68 bits per heavy atom. The minimum Gasteiger partial charge on any atom is -0.338 e. The average Bonchev–Trinajstić information content (AvgIpc) is 3.17. The highest BCUT2D eigenvalue weighted by molar-refractivity contribution is 5.78. The predicted octanol–water partition coefficient (Wildman–Crippen LogP) is 1.55. The van der Waals surface area contributed by atoms with Crippen LogP contribution in [0.5, 0.6) is 0 Å². The third kappa shape index (κ3) is 4.20. The number of hydrogen-bond donors (Lipinski definition) is 2. The molecule has 19 heavy (non-hydrogen) atoms. The van der Waals surface area contributed by atoms with Gasteiger partial charge in [0.15, 0.2) is 6.04 Å². The van der Waals surface area contributed by atoms with E-state index in [1.165, 1.54) is 24.4 Å². The number of aromatic nitrogens is 1. The van der Waals surface area contributed by atoms with E-state index in [2.05, 4.69) is 10.3 Å². The molecule has 104 valence electrons. The Labute approximate surface area is 108 Å². The number of nitrogens with one attached hydrogen (secondary N) is 2. The largest absolute Gasteiger partial charge is 0.414 e. The average molecular weight is 273 g/mol. The molecule has 2 N–H and O–H groups in total. The zero-order valence-corrected chi connectivity index (χ0v) is 10.1. The molecule has 1 atom stereocenters. The van der Waals surface area contributed by atoms with E-state index in [-0.39, 0.29) is 18.3 Å². The van der Waals surface area contributed by atoms with E-state index in [0.717, 1.165) is 12.8 Å². The van der Waals surface area contributed by atoms with Gasteiger partial charge in [-0.2, -0.15) is 13.2 Å². The van der Waals surface area contributed by atoms with Gasteiger partial charge in [0, 0.05) is 12.2 Å². The molecule has 0 bridgehead atoms. The molecule has 1 aliphatic rings. The van der Waals surface area contributed by atoms with Gasteiger partial charge in [-0.15, -0.1) is 0 Å². The molecule has 0 spiro atoms. The van der Waals surface area contributed by atoms with Crippen molar-refractivity contribution in [2.24, 2.45) is 0 Å². The fourth-order valence-corrected chi connectivity index (χ4v) is 1.61. The first-order chi connectivity index (χ1) is 8.97. The van der Waals surface area contributed by atoms with Crippen molar-refractivity contribution in [1.82, 2.24) is 15.6 Å². The minimum atomic E-state index is -4.57. The third-order valence-electron chi connectivity index (χ3n) is 2.74. The fourth-order valence-electron chi connectivity index (χ4n) is 1.61. The first-order valence-electron chi connectivity index (χ1n) is 5.97. The lowest BCUT2D eigenvalue weighted by Crippen LogP contribution is -2.42. The van der Waals surface area contributed by atoms with E-state index >= 15 is 0 Å². The summed E-state index contributed by atoms with van der Waals surface area (Å²) in [5, 5.41) is 4.83. The number of alkyl halides is 3. The van der Waals surface area contributed by atoms with Crippen LogP contribution >= 0.6 is 0 Å². The van der Waals surface area contributed by atoms with Crippen molar-refractivity contribution in [1.29, 1.82) is 0 Å². The molecule has 0 aliphatic heterocycles. The molecule has 1 aromatic rings. The highest BCUT2D eigenvalue weighted by Gasteiger charge is 2.42. The van der Waals surface area contributed by atoms with Crippen LogP contribution in [-0.2, 0) is 4.79 Å². The van der Waals surface area contributed by atoms with Gasteiger partial charge < -0.3 is 10.6 Å². The lowest BCUT2D eigenvalue weighted by Gasteiger charge is -2.21. The van der Waals surface area contributed by atoms with Gasteiger partial charge in [-0.3, -0.25) is 9.78 Å². The van der Waals surface area contributed by atoms with Crippen LogP contribution in [-0.4, -0.2) is 29.7 Å². The summed E-state index contributed by atoms with van der Waals surface area (Å²) in [5.74, 6) is -0.681. The number of carbonyl (C=O) groups excluding carboxylic acids is 1. The van der Waals surface area contributed by atoms with Crippen molar-refractivity contribution in [3.63, 3.8) is 0 Å². The summed E-state index contributed by atoms with van der Waals surface area (Å²) in [7, 11) is 0. The summed E-state index contributed by atoms with van der Waals surface area (Å²) in [6, 6.07) is 2.42. The van der Waals surface area contributed by atoms with E-state index in [9.17, 15) is 18.0 Å². The summed E-state index contributed by atoms with van der Waals surface area (Å²) in [4.78, 5) is 15.2. The van der Waals surface area contributed by atoms with Crippen LogP contribution in [0.15, 0.2) is 24.4 Å². The number of pyridine rings is 1. The van der Waals surface area contributed by atoms with Gasteiger partial charge in [0.05, 0.1) is 12.2 Å². The third-order valence-corrected chi connectivity index (χ3v) is 2.74. The smallest absolute Gasteiger partial charge is 0.338 e. The van der Waals surface area contributed by atoms with Gasteiger partial charge in [-0.05, 0) is 25.0 Å². The van der Waals surface area contributed by atoms with Gasteiger partial charge in [-0.1, -0.05) is 6.07 Å². The number of amides is 1. The van der Waals surface area contributed by atoms with Crippen LogP contribution in [0.3, 0.4) is 0 Å². The summed E-state index contributed by atoms with van der Waals surface area (Å²) in [6.45, 7) is -0.107. The van der Waals surface area contributed by atoms with Crippen molar-refractivity contribution < 1.29 is 18.0 Å². The highest BCUT2D eigenvalue weighted by Crippen LogP contribution is 2.31. The quantitative estimate of drug-likeness (QED) is 0.856. The molecule has 1 aliphatic carbocycles. The molecule has 7 heteroatoms. The van der Waals surface area contributed by atoms with E-state index in [4.69, 9.17) is 0 Å². The Kier molecular flexibility index (Phi) is 4.04. The van der Waals surface area contributed by atoms with Crippen LogP contribution in [0.2, 0.25) is 0 Å². The summed E-state index contributed by atoms with van der Waals surface area (Å²) >= 11 is 0. The maximum absolute atomic E-state index is 12.9. The standard InChI is InChI=1S/C12H14F3N3O/c13-12(14,15)11(9-3-1-2-6-16-9)18-10(19)7-17-8-4-5-8/h1-3,6,8,11,17H,4-5,7H2,(H,18,19). The molecule has 1 amide bonds. The summed E-state index contributed by atoms with van der Waals surface area (Å²) in [6.07, 6.45) is -1.36. The van der Waals surface area contributed by atoms with Crippen LogP contribution < -0.4 is 10.6 Å². The van der Waals surface area contributed by atoms with Crippen molar-refractivity contribution in [2.75, 3.05) is 6.54 Å². The predicted molar refractivity (Wildman–Crippen MR) is 62.2 cm³/mol. The van der Waals surface area contributed by atoms with Crippen LogP contribution in [0, 0.1) is 0 Å². The molecule has 1 saturated carbocycles. The zero-order chi connectivity index (χ0) is 13.9. The second-order valence-electron chi connectivity index (χ2n) is 4.45. The van der Waals surface area contributed by atoms with Gasteiger partial charge >= 0.3 is 6.18 Å². The Morgan fingerprint density at radius 2 is 2.16 bits per heavy atom. The van der Waals surface area contributed by atoms with Crippen LogP contribution in [0.4, 0.5) is 13.2 Å². The molecule has 1 fully saturated rings. The molecule has 1 unspecified atom stereocenters. The first kappa shape index (κ1) is 13.8. The Bertz CT molecular complexity index is 432. The Hall–Kier alpha value is -1.63. The molecule has 0 aromatic carbocycles. The van der Waals surface area contributed by atoms with Gasteiger partial charge in [0.1, 0.15) is 0 Å². The van der Waals surface area contributed by atoms with Gasteiger partial charge in [-0.25, -0.2) is 0 Å². The SMILES string of the molecule is O=C(CNC1CC1)NC(c1ccccn1)C(F)(F)F. The number of carbonyl (C=O) groups is 1. The monoisotopic (exact) mass is 273 g/mol. The van der Waals surface area contributed by atoms with E-state index in [1.54, 1.807) is 0 Å². The van der Waals surface area contributed by atoms with Crippen molar-refractivity contribution in [3.8, 4) is 0 Å². The lowest BCUT2D eigenvalue weighted by atomic mass is 10.2. The molecule has 1 aromatic heterocycles. The lowest BCUT2D eigenvalue weighted by molar-refractivity contribution is -0.164. The molecule has 2 rings (SSSR count). The number of hydrogen-bond acceptors (Lipinski definition) is 3. The zero-order valence-electron chi connectivity index (χ0n) is 10.1. The first-order valence-corrected chi connectivity index (χ1v) is 5.97.